The van der Waals surface area contributed by atoms with E-state index in [-0.39, 0.29) is 17.1 Å². The van der Waals surface area contributed by atoms with E-state index >= 15 is 0 Å². The smallest absolute Gasteiger partial charge is 0.382 e. The number of hydrogen-bond donors (Lipinski definition) is 1. The lowest BCUT2D eigenvalue weighted by atomic mass is 10.2. The van der Waals surface area contributed by atoms with Gasteiger partial charge in [-0.15, -0.1) is 0 Å². The molecular weight excluding hydrogens is 300 g/mol. The summed E-state index contributed by atoms with van der Waals surface area (Å²) in [6.07, 6.45) is 5.52. The number of aromatic hydroxyl groups is 1. The van der Waals surface area contributed by atoms with E-state index in [1.165, 1.54) is 13.0 Å². The third-order valence-corrected chi connectivity index (χ3v) is 3.01. The van der Waals surface area contributed by atoms with Crippen LogP contribution in [0.25, 0.3) is 11.0 Å². The van der Waals surface area contributed by atoms with E-state index in [0.717, 1.165) is 6.42 Å². The molecule has 0 saturated carbocycles. The van der Waals surface area contributed by atoms with Crippen LogP contribution in [0.3, 0.4) is 0 Å². The molecule has 0 unspecified atom stereocenters. The van der Waals surface area contributed by atoms with Crippen molar-refractivity contribution in [1.82, 2.24) is 0 Å². The number of rotatable bonds is 6. The highest BCUT2D eigenvalue weighted by atomic mass is 16.5. The van der Waals surface area contributed by atoms with Gasteiger partial charge in [0.05, 0.1) is 12.0 Å². The van der Waals surface area contributed by atoms with Crippen LogP contribution in [0.5, 0.6) is 17.2 Å². The summed E-state index contributed by atoms with van der Waals surface area (Å²) >= 11 is 0. The molecule has 1 N–H and O–H groups in total. The minimum Gasteiger partial charge on any atom is -0.499 e. The standard InChI is InChI=1S/C17H18O6/c1-3-4-5-6-10-21-16-12-8-7-9-13(22-11(2)18)15(12)23-17(20)14(16)19/h4-5,7-9,19H,3,6,10H2,1-2H3. The first kappa shape index (κ1) is 16.6. The van der Waals surface area contributed by atoms with Gasteiger partial charge < -0.3 is 19.0 Å². The number of benzene rings is 1. The van der Waals surface area contributed by atoms with Gasteiger partial charge in [-0.25, -0.2) is 4.79 Å². The molecule has 0 amide bonds. The Labute approximate surface area is 132 Å². The topological polar surface area (TPSA) is 86.0 Å². The van der Waals surface area contributed by atoms with Gasteiger partial charge in [-0.05, 0) is 25.0 Å². The minimum atomic E-state index is -0.948. The Kier molecular flexibility index (Phi) is 5.41. The van der Waals surface area contributed by atoms with Crippen molar-refractivity contribution in [2.24, 2.45) is 0 Å². The molecule has 0 fully saturated rings. The lowest BCUT2D eigenvalue weighted by molar-refractivity contribution is -0.131. The summed E-state index contributed by atoms with van der Waals surface area (Å²) in [4.78, 5) is 22.9. The molecule has 6 nitrogen and oxygen atoms in total. The minimum absolute atomic E-state index is 0.0233. The fourth-order valence-electron chi connectivity index (χ4n) is 2.06. The molecule has 0 spiro atoms. The molecule has 0 aliphatic carbocycles. The molecule has 0 aliphatic rings. The molecule has 0 radical (unpaired) electrons. The molecular formula is C17H18O6. The van der Waals surface area contributed by atoms with Gasteiger partial charge in [0.15, 0.2) is 17.1 Å². The number of allylic oxidation sites excluding steroid dienone is 1. The van der Waals surface area contributed by atoms with E-state index in [0.29, 0.717) is 18.4 Å². The summed E-state index contributed by atoms with van der Waals surface area (Å²) in [6, 6.07) is 4.73. The van der Waals surface area contributed by atoms with Crippen molar-refractivity contribution in [3.05, 3.63) is 40.8 Å². The van der Waals surface area contributed by atoms with Crippen LogP contribution in [0.1, 0.15) is 26.7 Å². The van der Waals surface area contributed by atoms with Gasteiger partial charge >= 0.3 is 11.6 Å². The number of esters is 1. The van der Waals surface area contributed by atoms with Gasteiger partial charge in [0.25, 0.3) is 0 Å². The molecule has 1 aromatic carbocycles. The maximum Gasteiger partial charge on any atom is 0.382 e. The predicted octanol–water partition coefficient (Wildman–Crippen LogP) is 3.16. The highest BCUT2D eigenvalue weighted by Crippen LogP contribution is 2.36. The Morgan fingerprint density at radius 1 is 1.35 bits per heavy atom. The number of ether oxygens (including phenoxy) is 2. The van der Waals surface area contributed by atoms with Crippen LogP contribution < -0.4 is 15.1 Å². The first-order valence-electron chi connectivity index (χ1n) is 7.29. The van der Waals surface area contributed by atoms with Crippen molar-refractivity contribution < 1.29 is 23.8 Å². The normalized spacial score (nSPS) is 11.0. The Morgan fingerprint density at radius 2 is 2.13 bits per heavy atom. The van der Waals surface area contributed by atoms with Crippen LogP contribution >= 0.6 is 0 Å². The average molecular weight is 318 g/mol. The van der Waals surface area contributed by atoms with E-state index in [1.807, 2.05) is 19.1 Å². The molecule has 0 bridgehead atoms. The lowest BCUT2D eigenvalue weighted by Gasteiger charge is -2.11. The molecule has 122 valence electrons. The Balaban J connectivity index is 2.42. The second kappa shape index (κ2) is 7.49. The first-order chi connectivity index (χ1) is 11.0. The third-order valence-electron chi connectivity index (χ3n) is 3.01. The van der Waals surface area contributed by atoms with Gasteiger partial charge in [-0.2, -0.15) is 0 Å². The number of para-hydroxylation sites is 1. The highest BCUT2D eigenvalue weighted by Gasteiger charge is 2.18. The van der Waals surface area contributed by atoms with E-state index in [4.69, 9.17) is 13.9 Å². The van der Waals surface area contributed by atoms with Crippen molar-refractivity contribution in [3.63, 3.8) is 0 Å². The summed E-state index contributed by atoms with van der Waals surface area (Å²) < 4.78 is 15.6. The maximum atomic E-state index is 11.8. The van der Waals surface area contributed by atoms with Crippen LogP contribution in [0.15, 0.2) is 39.6 Å². The van der Waals surface area contributed by atoms with Gasteiger partial charge in [0.1, 0.15) is 0 Å². The molecule has 23 heavy (non-hydrogen) atoms. The summed E-state index contributed by atoms with van der Waals surface area (Å²) in [5.74, 6) is -1.02. The molecule has 2 rings (SSSR count). The first-order valence-corrected chi connectivity index (χ1v) is 7.29. The van der Waals surface area contributed by atoms with Gasteiger partial charge in [-0.1, -0.05) is 25.1 Å². The van der Waals surface area contributed by atoms with E-state index in [1.54, 1.807) is 12.1 Å². The van der Waals surface area contributed by atoms with Crippen molar-refractivity contribution in [1.29, 1.82) is 0 Å². The predicted molar refractivity (Wildman–Crippen MR) is 85.0 cm³/mol. The largest absolute Gasteiger partial charge is 0.499 e. The summed E-state index contributed by atoms with van der Waals surface area (Å²) in [6.45, 7) is 3.56. The fourth-order valence-corrected chi connectivity index (χ4v) is 2.06. The maximum absolute atomic E-state index is 11.8. The quantitative estimate of drug-likeness (QED) is 0.289. The molecule has 0 aliphatic heterocycles. The molecule has 6 heteroatoms. The van der Waals surface area contributed by atoms with Gasteiger partial charge in [0, 0.05) is 6.92 Å². The Morgan fingerprint density at radius 3 is 2.83 bits per heavy atom. The van der Waals surface area contributed by atoms with Crippen molar-refractivity contribution in [2.75, 3.05) is 6.61 Å². The summed E-state index contributed by atoms with van der Waals surface area (Å²) in [5.41, 5.74) is -0.888. The summed E-state index contributed by atoms with van der Waals surface area (Å²) in [5, 5.41) is 10.3. The van der Waals surface area contributed by atoms with E-state index < -0.39 is 17.3 Å². The average Bonchev–Trinajstić information content (AvgIpc) is 2.51. The monoisotopic (exact) mass is 318 g/mol. The highest BCUT2D eigenvalue weighted by molar-refractivity contribution is 5.91. The second-order valence-corrected chi connectivity index (χ2v) is 4.81. The van der Waals surface area contributed by atoms with Crippen LogP contribution in [0.2, 0.25) is 0 Å². The molecule has 0 atom stereocenters. The molecule has 1 aromatic heterocycles. The summed E-state index contributed by atoms with van der Waals surface area (Å²) in [7, 11) is 0. The van der Waals surface area contributed by atoms with Crippen LogP contribution in [0, 0.1) is 0 Å². The Hall–Kier alpha value is -2.76. The number of fused-ring (bicyclic) bond motifs is 1. The zero-order valence-corrected chi connectivity index (χ0v) is 13.0. The molecule has 1 heterocycles. The van der Waals surface area contributed by atoms with Crippen LogP contribution in [-0.4, -0.2) is 17.7 Å². The second-order valence-electron chi connectivity index (χ2n) is 4.81. The zero-order chi connectivity index (χ0) is 16.8. The number of carbonyl (C=O) groups excluding carboxylic acids is 1. The lowest BCUT2D eigenvalue weighted by Crippen LogP contribution is -2.07. The molecule has 2 aromatic rings. The number of hydrogen-bond acceptors (Lipinski definition) is 6. The third kappa shape index (κ3) is 3.91. The van der Waals surface area contributed by atoms with Crippen LogP contribution in [0.4, 0.5) is 0 Å². The van der Waals surface area contributed by atoms with Crippen molar-refractivity contribution in [2.45, 2.75) is 26.7 Å². The Bertz CT molecular complexity index is 788. The van der Waals surface area contributed by atoms with Crippen LogP contribution in [-0.2, 0) is 4.79 Å². The zero-order valence-electron chi connectivity index (χ0n) is 13.0. The SMILES string of the molecule is CCC=CCCOc1c(O)c(=O)oc2c(OC(C)=O)cccc12. The number of carbonyl (C=O) groups is 1. The van der Waals surface area contributed by atoms with Gasteiger partial charge in [-0.3, -0.25) is 4.79 Å². The van der Waals surface area contributed by atoms with E-state index in [9.17, 15) is 14.7 Å². The van der Waals surface area contributed by atoms with E-state index in [2.05, 4.69) is 0 Å². The molecule has 0 saturated heterocycles. The van der Waals surface area contributed by atoms with Gasteiger partial charge in [0.2, 0.25) is 5.75 Å². The van der Waals surface area contributed by atoms with Crippen molar-refractivity contribution >= 4 is 16.9 Å². The fraction of sp³-hybridized carbons (Fsp3) is 0.294. The van der Waals surface area contributed by atoms with Crippen molar-refractivity contribution in [3.8, 4) is 17.2 Å².